The number of nitrogens with one attached hydrogen (secondary N) is 2. The van der Waals surface area contributed by atoms with Crippen molar-refractivity contribution in [2.45, 2.75) is 57.7 Å². The quantitative estimate of drug-likeness (QED) is 0.104. The second-order valence-corrected chi connectivity index (χ2v) is 13.1. The minimum Gasteiger partial charge on any atom is -0.481 e. The number of carboxylic acid groups (broad SMARTS) is 1. The van der Waals surface area contributed by atoms with E-state index in [4.69, 9.17) is 11.1 Å². The number of nitrogen functional groups attached to an aromatic ring is 1. The van der Waals surface area contributed by atoms with Gasteiger partial charge in [-0.25, -0.2) is 4.79 Å². The van der Waals surface area contributed by atoms with Gasteiger partial charge >= 0.3 is 12.0 Å². The predicted molar refractivity (Wildman–Crippen MR) is 180 cm³/mol. The Kier molecular flexibility index (Phi) is 8.89. The highest BCUT2D eigenvalue weighted by molar-refractivity contribution is 6.09. The number of imide groups is 1. The fourth-order valence-corrected chi connectivity index (χ4v) is 5.97. The molecule has 4 aromatic carbocycles. The Bertz CT molecular complexity index is 1860. The highest BCUT2D eigenvalue weighted by Gasteiger charge is 2.55. The van der Waals surface area contributed by atoms with E-state index in [9.17, 15) is 24.3 Å². The van der Waals surface area contributed by atoms with E-state index in [0.29, 0.717) is 16.7 Å². The molecule has 242 valence electrons. The van der Waals surface area contributed by atoms with Gasteiger partial charge in [0.15, 0.2) is 0 Å². The summed E-state index contributed by atoms with van der Waals surface area (Å²) in [6.07, 6.45) is -0.378. The number of benzene rings is 4. The summed E-state index contributed by atoms with van der Waals surface area (Å²) >= 11 is 0. The maximum atomic E-state index is 14.2. The molecule has 0 spiro atoms. The first-order valence-corrected chi connectivity index (χ1v) is 15.4. The molecule has 0 saturated carbocycles. The van der Waals surface area contributed by atoms with Crippen LogP contribution in [0.1, 0.15) is 68.0 Å². The number of carbonyl (C=O) groups is 4. The average Bonchev–Trinajstić information content (AvgIpc) is 3.20. The van der Waals surface area contributed by atoms with Crippen LogP contribution in [0.2, 0.25) is 0 Å². The van der Waals surface area contributed by atoms with E-state index < -0.39 is 41.9 Å². The van der Waals surface area contributed by atoms with Crippen molar-refractivity contribution in [2.75, 3.05) is 6.54 Å². The Morgan fingerprint density at radius 3 is 2.17 bits per heavy atom. The van der Waals surface area contributed by atoms with Gasteiger partial charge in [-0.3, -0.25) is 24.7 Å². The summed E-state index contributed by atoms with van der Waals surface area (Å²) in [5, 5.41) is 22.1. The van der Waals surface area contributed by atoms with E-state index in [1.54, 1.807) is 43.3 Å². The summed E-state index contributed by atoms with van der Waals surface area (Å²) in [5.74, 6) is -2.50. The zero-order valence-electron chi connectivity index (χ0n) is 26.9. The molecule has 1 aliphatic rings. The molecule has 1 aliphatic heterocycles. The number of hydrogen-bond donors (Lipinski definition) is 4. The molecule has 1 fully saturated rings. The topological polar surface area (TPSA) is 157 Å². The number of carbonyl (C=O) groups excluding carboxylic acids is 3. The number of rotatable bonds is 10. The van der Waals surface area contributed by atoms with Gasteiger partial charge in [-0.2, -0.15) is 0 Å². The van der Waals surface area contributed by atoms with Crippen molar-refractivity contribution in [2.24, 2.45) is 5.73 Å². The summed E-state index contributed by atoms with van der Waals surface area (Å²) in [7, 11) is 0. The fourth-order valence-electron chi connectivity index (χ4n) is 5.97. The van der Waals surface area contributed by atoms with Crippen molar-refractivity contribution in [3.05, 3.63) is 119 Å². The minimum atomic E-state index is -1.48. The molecule has 1 saturated heterocycles. The van der Waals surface area contributed by atoms with Gasteiger partial charge in [0.05, 0.1) is 12.5 Å². The first-order chi connectivity index (χ1) is 22.2. The van der Waals surface area contributed by atoms with Crippen LogP contribution in [-0.4, -0.2) is 51.1 Å². The molecule has 4 amide bonds. The standard InChI is InChI=1S/C37H39N5O5/c1-36(2,3)28-15-11-25(12-16-28)30(20-32(44)45)40-31(43)22-41-34(46)37(4,29-17-13-26(14-18-29)33(38)39)42(35(41)47)21-23-9-10-24-7-5-6-8-27(24)19-23/h5-19,30H,20-22H2,1-4H3,(H3,38,39)(H,40,43)(H,44,45). The lowest BCUT2D eigenvalue weighted by Crippen LogP contribution is -2.44. The first kappa shape index (κ1) is 32.9. The van der Waals surface area contributed by atoms with Crippen molar-refractivity contribution in [3.63, 3.8) is 0 Å². The molecule has 5 rings (SSSR count). The highest BCUT2D eigenvalue weighted by atomic mass is 16.4. The SMILES string of the molecule is CC(C)(C)c1ccc(C(CC(=O)O)NC(=O)CN2C(=O)N(Cc3ccc4ccccc4c3)C(C)(c3ccc(C(=N)N)cc3)C2=O)cc1. The third kappa shape index (κ3) is 6.72. The van der Waals surface area contributed by atoms with Crippen molar-refractivity contribution >= 4 is 40.4 Å². The van der Waals surface area contributed by atoms with Gasteiger partial charge in [-0.05, 0) is 51.4 Å². The van der Waals surface area contributed by atoms with Crippen LogP contribution in [0.15, 0.2) is 91.0 Å². The van der Waals surface area contributed by atoms with E-state index in [2.05, 4.69) is 26.1 Å². The van der Waals surface area contributed by atoms with Gasteiger partial charge in [-0.15, -0.1) is 0 Å². The molecule has 10 heteroatoms. The number of nitrogens with two attached hydrogens (primary N) is 1. The smallest absolute Gasteiger partial charge is 0.328 e. The molecule has 0 bridgehead atoms. The van der Waals surface area contributed by atoms with Gasteiger partial charge in [-0.1, -0.05) is 106 Å². The Morgan fingerprint density at radius 2 is 1.57 bits per heavy atom. The molecule has 0 aliphatic carbocycles. The number of aliphatic carboxylic acids is 1. The molecule has 47 heavy (non-hydrogen) atoms. The largest absolute Gasteiger partial charge is 0.481 e. The Balaban J connectivity index is 1.44. The van der Waals surface area contributed by atoms with Gasteiger partial charge in [0.1, 0.15) is 17.9 Å². The minimum absolute atomic E-state index is 0.0836. The monoisotopic (exact) mass is 633 g/mol. The molecule has 1 heterocycles. The summed E-state index contributed by atoms with van der Waals surface area (Å²) in [4.78, 5) is 55.8. The molecule has 4 aromatic rings. The normalized spacial score (nSPS) is 17.2. The van der Waals surface area contributed by atoms with Crippen molar-refractivity contribution in [3.8, 4) is 0 Å². The van der Waals surface area contributed by atoms with Crippen molar-refractivity contribution < 1.29 is 24.3 Å². The van der Waals surface area contributed by atoms with Gasteiger partial charge < -0.3 is 21.1 Å². The van der Waals surface area contributed by atoms with E-state index >= 15 is 0 Å². The summed E-state index contributed by atoms with van der Waals surface area (Å²) in [6, 6.07) is 26.0. The van der Waals surface area contributed by atoms with Gasteiger partial charge in [0.2, 0.25) is 5.91 Å². The van der Waals surface area contributed by atoms with Gasteiger partial charge in [0, 0.05) is 12.1 Å². The van der Waals surface area contributed by atoms with Crippen LogP contribution in [0.3, 0.4) is 0 Å². The third-order valence-corrected chi connectivity index (χ3v) is 8.77. The second kappa shape index (κ2) is 12.7. The van der Waals surface area contributed by atoms with Crippen LogP contribution >= 0.6 is 0 Å². The molecular weight excluding hydrogens is 594 g/mol. The van der Waals surface area contributed by atoms with Crippen molar-refractivity contribution in [1.82, 2.24) is 15.1 Å². The lowest BCUT2D eigenvalue weighted by Gasteiger charge is -2.32. The van der Waals surface area contributed by atoms with Crippen LogP contribution in [0.4, 0.5) is 4.79 Å². The average molecular weight is 634 g/mol. The number of fused-ring (bicyclic) bond motifs is 1. The van der Waals surface area contributed by atoms with E-state index in [0.717, 1.165) is 26.8 Å². The highest BCUT2D eigenvalue weighted by Crippen LogP contribution is 2.39. The zero-order chi connectivity index (χ0) is 34.1. The maximum absolute atomic E-state index is 14.2. The number of nitrogens with zero attached hydrogens (tertiary/aromatic N) is 2. The number of urea groups is 1. The Hall–Kier alpha value is -5.51. The number of amidine groups is 1. The molecule has 2 unspecified atom stereocenters. The summed E-state index contributed by atoms with van der Waals surface area (Å²) in [5.41, 5.74) is 7.46. The van der Waals surface area contributed by atoms with E-state index in [1.807, 2.05) is 54.6 Å². The molecule has 0 radical (unpaired) electrons. The van der Waals surface area contributed by atoms with Crippen molar-refractivity contribution in [1.29, 1.82) is 5.41 Å². The number of amides is 4. The van der Waals surface area contributed by atoms with Crippen LogP contribution < -0.4 is 11.1 Å². The van der Waals surface area contributed by atoms with E-state index in [1.165, 1.54) is 4.90 Å². The summed E-state index contributed by atoms with van der Waals surface area (Å²) < 4.78 is 0. The first-order valence-electron chi connectivity index (χ1n) is 15.4. The maximum Gasteiger partial charge on any atom is 0.328 e. The number of hydrogen-bond acceptors (Lipinski definition) is 5. The van der Waals surface area contributed by atoms with Crippen LogP contribution in [0.5, 0.6) is 0 Å². The molecular formula is C37H39N5O5. The Labute approximate surface area is 273 Å². The molecule has 0 aromatic heterocycles. The molecule has 5 N–H and O–H groups in total. The van der Waals surface area contributed by atoms with Crippen LogP contribution in [0.25, 0.3) is 10.8 Å². The third-order valence-electron chi connectivity index (χ3n) is 8.77. The fraction of sp³-hybridized carbons (Fsp3) is 0.270. The lowest BCUT2D eigenvalue weighted by molar-refractivity contribution is -0.139. The molecule has 10 nitrogen and oxygen atoms in total. The lowest BCUT2D eigenvalue weighted by atomic mass is 9.86. The van der Waals surface area contributed by atoms with Gasteiger partial charge in [0.25, 0.3) is 5.91 Å². The predicted octanol–water partition coefficient (Wildman–Crippen LogP) is 5.43. The Morgan fingerprint density at radius 1 is 0.936 bits per heavy atom. The van der Waals surface area contributed by atoms with E-state index in [-0.39, 0.29) is 24.2 Å². The zero-order valence-corrected chi connectivity index (χ0v) is 26.9. The molecule has 2 atom stereocenters. The van der Waals surface area contributed by atoms with Crippen LogP contribution in [0, 0.1) is 5.41 Å². The number of carboxylic acids is 1. The summed E-state index contributed by atoms with van der Waals surface area (Å²) in [6.45, 7) is 7.33. The van der Waals surface area contributed by atoms with Crippen LogP contribution in [-0.2, 0) is 31.9 Å². The second-order valence-electron chi connectivity index (χ2n) is 13.1.